The van der Waals surface area contributed by atoms with Gasteiger partial charge in [0.2, 0.25) is 0 Å². The van der Waals surface area contributed by atoms with Gasteiger partial charge in [-0.2, -0.15) is 5.10 Å². The van der Waals surface area contributed by atoms with Gasteiger partial charge < -0.3 is 10.2 Å². The van der Waals surface area contributed by atoms with Crippen LogP contribution >= 0.6 is 23.2 Å². The highest BCUT2D eigenvalue weighted by Crippen LogP contribution is 2.37. The number of amides is 2. The van der Waals surface area contributed by atoms with Crippen molar-refractivity contribution >= 4 is 34.9 Å². The molecular weight excluding hydrogens is 389 g/mol. The van der Waals surface area contributed by atoms with Crippen molar-refractivity contribution < 1.29 is 4.79 Å². The second-order valence-corrected chi connectivity index (χ2v) is 8.00. The first-order chi connectivity index (χ1) is 12.9. The Morgan fingerprint density at radius 2 is 1.85 bits per heavy atom. The molecule has 0 bridgehead atoms. The summed E-state index contributed by atoms with van der Waals surface area (Å²) in [5.41, 5.74) is 0.580. The second kappa shape index (κ2) is 7.20. The summed E-state index contributed by atoms with van der Waals surface area (Å²) in [4.78, 5) is 26.6. The van der Waals surface area contributed by atoms with Crippen molar-refractivity contribution in [2.75, 3.05) is 18.4 Å². The zero-order valence-electron chi connectivity index (χ0n) is 15.0. The van der Waals surface area contributed by atoms with Crippen molar-refractivity contribution in [3.63, 3.8) is 0 Å². The number of aryl methyl sites for hydroxylation is 1. The lowest BCUT2D eigenvalue weighted by Crippen LogP contribution is -2.41. The number of benzene rings is 1. The Morgan fingerprint density at radius 3 is 2.48 bits per heavy atom. The van der Waals surface area contributed by atoms with Crippen molar-refractivity contribution in [2.45, 2.75) is 37.6 Å². The van der Waals surface area contributed by atoms with Gasteiger partial charge in [0.05, 0.1) is 10.0 Å². The fraction of sp³-hybridized carbons (Fsp3) is 0.500. The number of hydrogen-bond acceptors (Lipinski definition) is 3. The van der Waals surface area contributed by atoms with E-state index in [2.05, 4.69) is 10.4 Å². The summed E-state index contributed by atoms with van der Waals surface area (Å²) in [6, 6.07) is 5.16. The molecule has 2 amide bonds. The number of carbonyl (C=O) groups excluding carboxylic acids is 1. The van der Waals surface area contributed by atoms with Gasteiger partial charge in [0.15, 0.2) is 0 Å². The number of rotatable bonds is 3. The lowest BCUT2D eigenvalue weighted by molar-refractivity contribution is 0.192. The van der Waals surface area contributed by atoms with Crippen molar-refractivity contribution in [3.8, 4) is 0 Å². The molecule has 27 heavy (non-hydrogen) atoms. The lowest BCUT2D eigenvalue weighted by atomic mass is 9.96. The van der Waals surface area contributed by atoms with Gasteiger partial charge in [-0.3, -0.25) is 4.57 Å². The predicted octanol–water partition coefficient (Wildman–Crippen LogP) is 3.64. The third-order valence-corrected chi connectivity index (χ3v) is 5.95. The molecule has 1 aliphatic carbocycles. The minimum Gasteiger partial charge on any atom is -0.324 e. The summed E-state index contributed by atoms with van der Waals surface area (Å²) < 4.78 is 3.28. The molecule has 1 saturated heterocycles. The highest BCUT2D eigenvalue weighted by atomic mass is 35.5. The Bertz CT molecular complexity index is 926. The molecule has 1 N–H and O–H groups in total. The molecule has 2 aliphatic rings. The molecule has 1 aromatic carbocycles. The van der Waals surface area contributed by atoms with Crippen LogP contribution in [-0.2, 0) is 7.05 Å². The van der Waals surface area contributed by atoms with Gasteiger partial charge in [-0.05, 0) is 43.9 Å². The third-order valence-electron chi connectivity index (χ3n) is 5.21. The van der Waals surface area contributed by atoms with Crippen LogP contribution in [0.25, 0.3) is 0 Å². The maximum atomic E-state index is 12.5. The van der Waals surface area contributed by atoms with Crippen molar-refractivity contribution in [3.05, 3.63) is 44.6 Å². The van der Waals surface area contributed by atoms with Gasteiger partial charge in [0.1, 0.15) is 5.82 Å². The van der Waals surface area contributed by atoms with E-state index in [1.807, 2.05) is 4.57 Å². The number of urea groups is 1. The Hall–Kier alpha value is -1.99. The minimum absolute atomic E-state index is 0.0349. The predicted molar refractivity (Wildman–Crippen MR) is 105 cm³/mol. The molecule has 2 fully saturated rings. The Kier molecular flexibility index (Phi) is 4.90. The normalized spacial score (nSPS) is 18.0. The zero-order valence-corrected chi connectivity index (χ0v) is 16.5. The topological polar surface area (TPSA) is 72.2 Å². The third kappa shape index (κ3) is 3.71. The van der Waals surface area contributed by atoms with E-state index in [9.17, 15) is 9.59 Å². The van der Waals surface area contributed by atoms with E-state index in [1.165, 1.54) is 4.68 Å². The Balaban J connectivity index is 1.40. The summed E-state index contributed by atoms with van der Waals surface area (Å²) in [6.45, 7) is 1.24. The number of aromatic nitrogens is 3. The number of halogens is 2. The molecule has 2 aromatic rings. The van der Waals surface area contributed by atoms with E-state index in [0.29, 0.717) is 34.9 Å². The van der Waals surface area contributed by atoms with Crippen LogP contribution in [0.1, 0.15) is 43.5 Å². The number of nitrogens with zero attached hydrogens (tertiary/aromatic N) is 4. The van der Waals surface area contributed by atoms with Crippen LogP contribution in [0, 0.1) is 0 Å². The first kappa shape index (κ1) is 18.4. The number of nitrogens with one attached hydrogen (secondary N) is 1. The van der Waals surface area contributed by atoms with Gasteiger partial charge >= 0.3 is 11.7 Å². The van der Waals surface area contributed by atoms with Crippen molar-refractivity contribution in [1.82, 2.24) is 19.2 Å². The van der Waals surface area contributed by atoms with E-state index in [4.69, 9.17) is 23.2 Å². The highest BCUT2D eigenvalue weighted by molar-refractivity contribution is 6.42. The largest absolute Gasteiger partial charge is 0.345 e. The van der Waals surface area contributed by atoms with Gasteiger partial charge in [0.25, 0.3) is 0 Å². The van der Waals surface area contributed by atoms with Crippen LogP contribution in [0.4, 0.5) is 10.5 Å². The molecule has 0 unspecified atom stereocenters. The molecule has 7 nitrogen and oxygen atoms in total. The van der Waals surface area contributed by atoms with Crippen LogP contribution in [-0.4, -0.2) is 38.4 Å². The van der Waals surface area contributed by atoms with Crippen LogP contribution in [0.15, 0.2) is 23.0 Å². The molecule has 4 rings (SSSR count). The average molecular weight is 410 g/mol. The summed E-state index contributed by atoms with van der Waals surface area (Å²) in [6.07, 6.45) is 3.67. The molecule has 1 aliphatic heterocycles. The first-order valence-electron chi connectivity index (χ1n) is 9.10. The van der Waals surface area contributed by atoms with Crippen LogP contribution in [0.3, 0.4) is 0 Å². The SMILES string of the molecule is Cn1nc(C2CCN(C(=O)Nc3ccc(Cl)c(Cl)c3)CC2)n(C2CC2)c1=O. The minimum atomic E-state index is -0.160. The molecule has 2 heterocycles. The van der Waals surface area contributed by atoms with E-state index in [0.717, 1.165) is 31.5 Å². The van der Waals surface area contributed by atoms with Crippen LogP contribution in [0.5, 0.6) is 0 Å². The van der Waals surface area contributed by atoms with Crippen LogP contribution in [0.2, 0.25) is 10.0 Å². The fourth-order valence-corrected chi connectivity index (χ4v) is 3.87. The maximum Gasteiger partial charge on any atom is 0.345 e. The van der Waals surface area contributed by atoms with Gasteiger partial charge in [-0.25, -0.2) is 14.3 Å². The number of anilines is 1. The summed E-state index contributed by atoms with van der Waals surface area (Å²) in [7, 11) is 1.70. The molecule has 0 spiro atoms. The first-order valence-corrected chi connectivity index (χ1v) is 9.86. The van der Waals surface area contributed by atoms with Crippen molar-refractivity contribution in [2.24, 2.45) is 7.05 Å². The Morgan fingerprint density at radius 1 is 1.15 bits per heavy atom. The van der Waals surface area contributed by atoms with E-state index in [1.54, 1.807) is 30.1 Å². The number of likely N-dealkylation sites (tertiary alicyclic amines) is 1. The van der Waals surface area contributed by atoms with Gasteiger partial charge in [-0.15, -0.1) is 0 Å². The zero-order chi connectivity index (χ0) is 19.1. The lowest BCUT2D eigenvalue weighted by Gasteiger charge is -2.31. The summed E-state index contributed by atoms with van der Waals surface area (Å²) >= 11 is 11.9. The summed E-state index contributed by atoms with van der Waals surface area (Å²) in [5, 5.41) is 8.18. The van der Waals surface area contributed by atoms with Gasteiger partial charge in [0, 0.05) is 37.8 Å². The smallest absolute Gasteiger partial charge is 0.324 e. The van der Waals surface area contributed by atoms with Crippen molar-refractivity contribution in [1.29, 1.82) is 0 Å². The van der Waals surface area contributed by atoms with E-state index < -0.39 is 0 Å². The molecule has 1 saturated carbocycles. The number of piperidine rings is 1. The standard InChI is InChI=1S/C18H21Cl2N5O2/c1-23-18(27)25(13-3-4-13)16(22-23)11-6-8-24(9-7-11)17(26)21-12-2-5-14(19)15(20)10-12/h2,5,10-11,13H,3-4,6-9H2,1H3,(H,21,26). The quantitative estimate of drug-likeness (QED) is 0.840. The maximum absolute atomic E-state index is 12.5. The monoisotopic (exact) mass is 409 g/mol. The Labute approximate surface area is 166 Å². The van der Waals surface area contributed by atoms with Gasteiger partial charge in [-0.1, -0.05) is 23.2 Å². The molecule has 0 radical (unpaired) electrons. The molecule has 9 heteroatoms. The average Bonchev–Trinajstić information content (AvgIpc) is 3.44. The molecule has 144 valence electrons. The molecule has 0 atom stereocenters. The number of carbonyl (C=O) groups is 1. The van der Waals surface area contributed by atoms with E-state index >= 15 is 0 Å². The second-order valence-electron chi connectivity index (χ2n) is 7.19. The van der Waals surface area contributed by atoms with E-state index in [-0.39, 0.29) is 17.6 Å². The summed E-state index contributed by atoms with van der Waals surface area (Å²) in [5.74, 6) is 1.07. The molecule has 1 aromatic heterocycles. The van der Waals surface area contributed by atoms with Crippen LogP contribution < -0.4 is 11.0 Å². The fourth-order valence-electron chi connectivity index (χ4n) is 3.57. The number of hydrogen-bond donors (Lipinski definition) is 1. The molecular formula is C18H21Cl2N5O2. The highest BCUT2D eigenvalue weighted by Gasteiger charge is 2.34.